The zero-order chi connectivity index (χ0) is 18.8. The summed E-state index contributed by atoms with van der Waals surface area (Å²) in [6.07, 6.45) is 0. The first-order valence-corrected chi connectivity index (χ1v) is 8.09. The Morgan fingerprint density at radius 2 is 2.04 bits per heavy atom. The minimum absolute atomic E-state index is 0.148. The van der Waals surface area contributed by atoms with Crippen LogP contribution in [0.4, 0.5) is 11.6 Å². The number of amides is 1. The van der Waals surface area contributed by atoms with Crippen LogP contribution in [0.3, 0.4) is 0 Å². The Balaban J connectivity index is 2.18. The zero-order valence-electron chi connectivity index (χ0n) is 15.0. The topological polar surface area (TPSA) is 114 Å². The molecule has 1 aromatic carbocycles. The van der Waals surface area contributed by atoms with Crippen molar-refractivity contribution >= 4 is 28.3 Å². The van der Waals surface area contributed by atoms with E-state index in [0.717, 1.165) is 5.69 Å². The Morgan fingerprint density at radius 3 is 2.65 bits per heavy atom. The van der Waals surface area contributed by atoms with Crippen molar-refractivity contribution in [3.63, 3.8) is 0 Å². The number of fused-ring (bicyclic) bond motifs is 1. The smallest absolute Gasteiger partial charge is 0.275 e. The summed E-state index contributed by atoms with van der Waals surface area (Å²) in [6.45, 7) is 5.62. The molecule has 9 nitrogen and oxygen atoms in total. The van der Waals surface area contributed by atoms with E-state index in [2.05, 4.69) is 30.9 Å². The number of hydroxylamine groups is 1. The lowest BCUT2D eigenvalue weighted by Crippen LogP contribution is -2.27. The van der Waals surface area contributed by atoms with Gasteiger partial charge in [0.25, 0.3) is 11.5 Å². The summed E-state index contributed by atoms with van der Waals surface area (Å²) >= 11 is 0. The maximum Gasteiger partial charge on any atom is 0.275 e. The molecule has 0 aliphatic rings. The van der Waals surface area contributed by atoms with Crippen molar-refractivity contribution in [3.05, 3.63) is 45.9 Å². The van der Waals surface area contributed by atoms with E-state index in [-0.39, 0.29) is 11.6 Å². The summed E-state index contributed by atoms with van der Waals surface area (Å²) in [5, 5.41) is 15.5. The first kappa shape index (κ1) is 17.6. The van der Waals surface area contributed by atoms with Gasteiger partial charge >= 0.3 is 0 Å². The largest absolute Gasteiger partial charge is 0.321 e. The molecule has 0 unspecified atom stereocenters. The lowest BCUT2D eigenvalue weighted by molar-refractivity contribution is 0.0538. The average Bonchev–Trinajstić information content (AvgIpc) is 3.02. The number of hydrogen-bond acceptors (Lipinski definition) is 6. The zero-order valence-corrected chi connectivity index (χ0v) is 15.0. The van der Waals surface area contributed by atoms with E-state index in [9.17, 15) is 9.59 Å². The molecule has 0 atom stereocenters. The van der Waals surface area contributed by atoms with Crippen LogP contribution in [0.25, 0.3) is 10.8 Å². The number of H-pyrrole nitrogens is 1. The van der Waals surface area contributed by atoms with E-state index >= 15 is 0 Å². The second-order valence-electron chi connectivity index (χ2n) is 6.15. The molecule has 0 saturated heterocycles. The lowest BCUT2D eigenvalue weighted by atomic mass is 10.1. The Bertz CT molecular complexity index is 1020. The highest BCUT2D eigenvalue weighted by Crippen LogP contribution is 2.23. The maximum atomic E-state index is 12.8. The number of hydrogen-bond donors (Lipinski definition) is 3. The van der Waals surface area contributed by atoms with Crippen LogP contribution in [-0.4, -0.2) is 33.0 Å². The van der Waals surface area contributed by atoms with Gasteiger partial charge in [0.1, 0.15) is 0 Å². The van der Waals surface area contributed by atoms with Gasteiger partial charge in [-0.15, -0.1) is 0 Å². The van der Waals surface area contributed by atoms with E-state index in [4.69, 9.17) is 0 Å². The van der Waals surface area contributed by atoms with Gasteiger partial charge in [-0.25, -0.2) is 10.2 Å². The molecule has 0 saturated carbocycles. The third kappa shape index (κ3) is 3.29. The Kier molecular flexibility index (Phi) is 4.72. The number of anilines is 2. The van der Waals surface area contributed by atoms with E-state index in [1.807, 2.05) is 26.8 Å². The average molecular weight is 356 g/mol. The number of aromatic amines is 1. The van der Waals surface area contributed by atoms with Gasteiger partial charge in [0.2, 0.25) is 0 Å². The monoisotopic (exact) mass is 356 g/mol. The molecule has 0 aliphatic heterocycles. The molecule has 3 N–H and O–H groups in total. The number of nitrogens with zero attached hydrogens (tertiary/aromatic N) is 3. The maximum absolute atomic E-state index is 12.8. The van der Waals surface area contributed by atoms with Crippen molar-refractivity contribution < 1.29 is 9.63 Å². The summed E-state index contributed by atoms with van der Waals surface area (Å²) < 4.78 is 1.38. The highest BCUT2D eigenvalue weighted by Gasteiger charge is 2.16. The summed E-state index contributed by atoms with van der Waals surface area (Å²) in [7, 11) is 1.35. The molecule has 0 bridgehead atoms. The van der Waals surface area contributed by atoms with Gasteiger partial charge in [0.05, 0.1) is 18.5 Å². The van der Waals surface area contributed by atoms with Crippen LogP contribution < -0.4 is 16.4 Å². The second-order valence-corrected chi connectivity index (χ2v) is 6.15. The van der Waals surface area contributed by atoms with Gasteiger partial charge in [-0.05, 0) is 39.0 Å². The van der Waals surface area contributed by atoms with Gasteiger partial charge in [0, 0.05) is 22.7 Å². The second kappa shape index (κ2) is 6.96. The molecule has 0 radical (unpaired) electrons. The van der Waals surface area contributed by atoms with Crippen molar-refractivity contribution in [2.45, 2.75) is 26.8 Å². The van der Waals surface area contributed by atoms with Gasteiger partial charge in [0.15, 0.2) is 11.6 Å². The number of carbonyl (C=O) groups is 1. The number of rotatable bonds is 5. The number of nitrogens with one attached hydrogen (secondary N) is 3. The van der Waals surface area contributed by atoms with Gasteiger partial charge in [-0.1, -0.05) is 0 Å². The fourth-order valence-electron chi connectivity index (χ4n) is 2.60. The van der Waals surface area contributed by atoms with E-state index in [1.54, 1.807) is 12.1 Å². The van der Waals surface area contributed by atoms with E-state index < -0.39 is 5.91 Å². The van der Waals surface area contributed by atoms with Gasteiger partial charge in [-0.2, -0.15) is 10.2 Å². The molecule has 9 heteroatoms. The van der Waals surface area contributed by atoms with Crippen LogP contribution in [0.15, 0.2) is 29.1 Å². The van der Waals surface area contributed by atoms with Crippen LogP contribution in [0.1, 0.15) is 35.9 Å². The fourth-order valence-corrected chi connectivity index (χ4v) is 2.60. The SMILES string of the molecule is CONC(=O)c1ccc2c(Nc3cc(C)[nH]n3)nn(C(C)C)c(=O)c2c1. The van der Waals surface area contributed by atoms with Crippen molar-refractivity contribution in [3.8, 4) is 0 Å². The number of aryl methyl sites for hydroxylation is 1. The summed E-state index contributed by atoms with van der Waals surface area (Å²) in [4.78, 5) is 29.5. The minimum Gasteiger partial charge on any atom is -0.321 e. The van der Waals surface area contributed by atoms with Crippen molar-refractivity contribution in [2.75, 3.05) is 12.4 Å². The van der Waals surface area contributed by atoms with Crippen LogP contribution in [0, 0.1) is 6.92 Å². The Morgan fingerprint density at radius 1 is 1.27 bits per heavy atom. The predicted molar refractivity (Wildman–Crippen MR) is 97.5 cm³/mol. The highest BCUT2D eigenvalue weighted by molar-refractivity contribution is 6.00. The third-order valence-corrected chi connectivity index (χ3v) is 3.82. The third-order valence-electron chi connectivity index (χ3n) is 3.82. The molecule has 0 spiro atoms. The molecule has 26 heavy (non-hydrogen) atoms. The number of benzene rings is 1. The lowest BCUT2D eigenvalue weighted by Gasteiger charge is -2.14. The minimum atomic E-state index is -0.431. The van der Waals surface area contributed by atoms with Crippen LogP contribution in [0.2, 0.25) is 0 Å². The molecular weight excluding hydrogens is 336 g/mol. The van der Waals surface area contributed by atoms with Crippen molar-refractivity contribution in [1.29, 1.82) is 0 Å². The molecule has 3 aromatic rings. The molecule has 136 valence electrons. The summed E-state index contributed by atoms with van der Waals surface area (Å²) in [6, 6.07) is 6.51. The van der Waals surface area contributed by atoms with Crippen LogP contribution in [-0.2, 0) is 4.84 Å². The van der Waals surface area contributed by atoms with Crippen LogP contribution in [0.5, 0.6) is 0 Å². The quantitative estimate of drug-likeness (QED) is 0.603. The molecule has 1 amide bonds. The molecule has 0 aliphatic carbocycles. The Hall–Kier alpha value is -3.20. The summed E-state index contributed by atoms with van der Waals surface area (Å²) in [5.41, 5.74) is 3.19. The predicted octanol–water partition coefficient (Wildman–Crippen LogP) is 2.04. The molecule has 3 rings (SSSR count). The van der Waals surface area contributed by atoms with E-state index in [1.165, 1.54) is 17.9 Å². The van der Waals surface area contributed by atoms with E-state index in [0.29, 0.717) is 28.0 Å². The van der Waals surface area contributed by atoms with Gasteiger partial charge in [-0.3, -0.25) is 19.5 Å². The standard InChI is InChI=1S/C17H20N6O3/c1-9(2)23-17(25)13-8-11(16(24)22-26-4)5-6-12(13)15(21-23)18-14-7-10(3)19-20-14/h5-9H,1-4H3,(H,22,24)(H2,18,19,20,21). The molecule has 0 fully saturated rings. The van der Waals surface area contributed by atoms with Gasteiger partial charge < -0.3 is 5.32 Å². The molecular formula is C17H20N6O3. The number of aromatic nitrogens is 4. The fraction of sp³-hybridized carbons (Fsp3) is 0.294. The number of carbonyl (C=O) groups excluding carboxylic acids is 1. The first-order valence-electron chi connectivity index (χ1n) is 8.09. The van der Waals surface area contributed by atoms with Crippen molar-refractivity contribution in [1.82, 2.24) is 25.5 Å². The first-order chi connectivity index (χ1) is 12.4. The van der Waals surface area contributed by atoms with Crippen molar-refractivity contribution in [2.24, 2.45) is 0 Å². The molecule has 2 heterocycles. The highest BCUT2D eigenvalue weighted by atomic mass is 16.6. The van der Waals surface area contributed by atoms with Crippen LogP contribution >= 0.6 is 0 Å². The molecule has 2 aromatic heterocycles. The normalized spacial score (nSPS) is 11.1. The Labute approximate surface area is 149 Å². The summed E-state index contributed by atoms with van der Waals surface area (Å²) in [5.74, 6) is 0.643.